The maximum Gasteiger partial charge on any atom is 0.248 e. The molecule has 0 saturated carbocycles. The summed E-state index contributed by atoms with van der Waals surface area (Å²) in [6.07, 6.45) is 1.38. The van der Waals surface area contributed by atoms with Crippen molar-refractivity contribution in [3.8, 4) is 0 Å². The summed E-state index contributed by atoms with van der Waals surface area (Å²) in [5, 5.41) is 5.72. The maximum atomic E-state index is 13.7. The monoisotopic (exact) mass is 279 g/mol. The molecular formula is C14H18FN3O2. The molecule has 1 aliphatic heterocycles. The van der Waals surface area contributed by atoms with Gasteiger partial charge in [-0.1, -0.05) is 6.92 Å². The zero-order valence-electron chi connectivity index (χ0n) is 11.3. The van der Waals surface area contributed by atoms with Gasteiger partial charge in [-0.3, -0.25) is 9.59 Å². The van der Waals surface area contributed by atoms with Crippen LogP contribution in [0.1, 0.15) is 30.1 Å². The molecule has 1 saturated heterocycles. The smallest absolute Gasteiger partial charge is 0.248 e. The summed E-state index contributed by atoms with van der Waals surface area (Å²) in [5.41, 5.74) is 4.79. The Kier molecular flexibility index (Phi) is 4.04. The molecule has 1 heterocycles. The third-order valence-corrected chi connectivity index (χ3v) is 3.90. The fourth-order valence-corrected chi connectivity index (χ4v) is 2.43. The van der Waals surface area contributed by atoms with Crippen LogP contribution < -0.4 is 16.4 Å². The van der Waals surface area contributed by atoms with Crippen molar-refractivity contribution < 1.29 is 14.0 Å². The lowest BCUT2D eigenvalue weighted by atomic mass is 9.83. The van der Waals surface area contributed by atoms with E-state index in [1.54, 1.807) is 0 Å². The van der Waals surface area contributed by atoms with Gasteiger partial charge in [0.1, 0.15) is 5.82 Å². The number of halogens is 1. The largest absolute Gasteiger partial charge is 0.366 e. The molecule has 0 spiro atoms. The number of anilines is 1. The molecule has 1 aliphatic rings. The highest BCUT2D eigenvalue weighted by Gasteiger charge is 2.39. The second-order valence-corrected chi connectivity index (χ2v) is 5.07. The third-order valence-electron chi connectivity index (χ3n) is 3.90. The van der Waals surface area contributed by atoms with E-state index in [0.717, 1.165) is 12.6 Å². The molecular weight excluding hydrogens is 261 g/mol. The Bertz CT molecular complexity index is 539. The molecule has 2 amide bonds. The van der Waals surface area contributed by atoms with Crippen LogP contribution in [0.3, 0.4) is 0 Å². The number of primary amides is 1. The van der Waals surface area contributed by atoms with Gasteiger partial charge < -0.3 is 16.4 Å². The first-order chi connectivity index (χ1) is 9.48. The van der Waals surface area contributed by atoms with Crippen LogP contribution in [-0.4, -0.2) is 24.9 Å². The van der Waals surface area contributed by atoms with Gasteiger partial charge in [-0.15, -0.1) is 0 Å². The van der Waals surface area contributed by atoms with E-state index in [0.29, 0.717) is 19.4 Å². The molecule has 1 atom stereocenters. The highest BCUT2D eigenvalue weighted by molar-refractivity contribution is 5.98. The van der Waals surface area contributed by atoms with E-state index in [1.807, 2.05) is 6.92 Å². The van der Waals surface area contributed by atoms with Crippen LogP contribution in [0.25, 0.3) is 0 Å². The highest BCUT2D eigenvalue weighted by Crippen LogP contribution is 2.31. The summed E-state index contributed by atoms with van der Waals surface area (Å²) in [4.78, 5) is 23.5. The Morgan fingerprint density at radius 3 is 2.80 bits per heavy atom. The standard InChI is InChI=1S/C14H18FN3O2/c1-2-14(5-6-17-8-14)13(20)18-11-7-9(12(16)19)3-4-10(11)15/h3-4,7,17H,2,5-6,8H2,1H3,(H2,16,19)(H,18,20). The van der Waals surface area contributed by atoms with Crippen molar-refractivity contribution in [3.05, 3.63) is 29.6 Å². The lowest BCUT2D eigenvalue weighted by Gasteiger charge is -2.25. The minimum absolute atomic E-state index is 0.00831. The summed E-state index contributed by atoms with van der Waals surface area (Å²) in [6, 6.07) is 3.68. The van der Waals surface area contributed by atoms with Crippen molar-refractivity contribution in [1.29, 1.82) is 0 Å². The van der Waals surface area contributed by atoms with E-state index < -0.39 is 17.1 Å². The van der Waals surface area contributed by atoms with Crippen LogP contribution in [0.4, 0.5) is 10.1 Å². The number of carbonyl (C=O) groups is 2. The second kappa shape index (κ2) is 5.58. The molecule has 1 unspecified atom stereocenters. The first-order valence-electron chi connectivity index (χ1n) is 6.60. The van der Waals surface area contributed by atoms with Gasteiger partial charge in [0.15, 0.2) is 0 Å². The topological polar surface area (TPSA) is 84.2 Å². The number of hydrogen-bond acceptors (Lipinski definition) is 3. The molecule has 2 rings (SSSR count). The molecule has 0 aromatic heterocycles. The zero-order chi connectivity index (χ0) is 14.8. The van der Waals surface area contributed by atoms with Gasteiger partial charge in [0.2, 0.25) is 11.8 Å². The van der Waals surface area contributed by atoms with Crippen molar-refractivity contribution in [2.75, 3.05) is 18.4 Å². The number of hydrogen-bond donors (Lipinski definition) is 3. The Morgan fingerprint density at radius 2 is 2.25 bits per heavy atom. The molecule has 1 aromatic rings. The van der Waals surface area contributed by atoms with Gasteiger partial charge in [-0.2, -0.15) is 0 Å². The number of nitrogens with one attached hydrogen (secondary N) is 2. The van der Waals surface area contributed by atoms with Gasteiger partial charge >= 0.3 is 0 Å². The average molecular weight is 279 g/mol. The molecule has 5 nitrogen and oxygen atoms in total. The van der Waals surface area contributed by atoms with E-state index >= 15 is 0 Å². The van der Waals surface area contributed by atoms with E-state index in [1.165, 1.54) is 12.1 Å². The van der Waals surface area contributed by atoms with E-state index in [4.69, 9.17) is 5.73 Å². The van der Waals surface area contributed by atoms with Gasteiger partial charge in [0.05, 0.1) is 11.1 Å². The molecule has 0 aliphatic carbocycles. The fraction of sp³-hybridized carbons (Fsp3) is 0.429. The van der Waals surface area contributed by atoms with Crippen molar-refractivity contribution >= 4 is 17.5 Å². The molecule has 108 valence electrons. The van der Waals surface area contributed by atoms with Crippen LogP contribution in [0, 0.1) is 11.2 Å². The maximum absolute atomic E-state index is 13.7. The van der Waals surface area contributed by atoms with Crippen molar-refractivity contribution in [3.63, 3.8) is 0 Å². The van der Waals surface area contributed by atoms with Crippen LogP contribution >= 0.6 is 0 Å². The number of benzene rings is 1. The van der Waals surface area contributed by atoms with Crippen LogP contribution in [0.5, 0.6) is 0 Å². The van der Waals surface area contributed by atoms with Gasteiger partial charge in [-0.25, -0.2) is 4.39 Å². The van der Waals surface area contributed by atoms with Crippen LogP contribution in [0.15, 0.2) is 18.2 Å². The average Bonchev–Trinajstić information content (AvgIpc) is 2.91. The first kappa shape index (κ1) is 14.5. The number of amides is 2. The lowest BCUT2D eigenvalue weighted by Crippen LogP contribution is -2.37. The Morgan fingerprint density at radius 1 is 1.50 bits per heavy atom. The first-order valence-corrected chi connectivity index (χ1v) is 6.60. The number of rotatable bonds is 4. The predicted octanol–water partition coefficient (Wildman–Crippen LogP) is 1.25. The molecule has 0 radical (unpaired) electrons. The van der Waals surface area contributed by atoms with Crippen LogP contribution in [-0.2, 0) is 4.79 Å². The second-order valence-electron chi connectivity index (χ2n) is 5.07. The Hall–Kier alpha value is -1.95. The summed E-state index contributed by atoms with van der Waals surface area (Å²) in [5.74, 6) is -1.47. The number of carbonyl (C=O) groups excluding carboxylic acids is 2. The zero-order valence-corrected chi connectivity index (χ0v) is 11.3. The fourth-order valence-electron chi connectivity index (χ4n) is 2.43. The SMILES string of the molecule is CCC1(C(=O)Nc2cc(C(N)=O)ccc2F)CCNC1. The van der Waals surface area contributed by atoms with Crippen LogP contribution in [0.2, 0.25) is 0 Å². The molecule has 0 bridgehead atoms. The minimum Gasteiger partial charge on any atom is -0.366 e. The van der Waals surface area contributed by atoms with Gasteiger partial charge in [0.25, 0.3) is 0 Å². The highest BCUT2D eigenvalue weighted by atomic mass is 19.1. The van der Waals surface area contributed by atoms with Crippen molar-refractivity contribution in [1.82, 2.24) is 5.32 Å². The minimum atomic E-state index is -0.659. The predicted molar refractivity (Wildman–Crippen MR) is 73.8 cm³/mol. The lowest BCUT2D eigenvalue weighted by molar-refractivity contribution is -0.124. The third kappa shape index (κ3) is 2.65. The summed E-state index contributed by atoms with van der Waals surface area (Å²) < 4.78 is 13.7. The normalized spacial score (nSPS) is 21.7. The van der Waals surface area contributed by atoms with E-state index in [9.17, 15) is 14.0 Å². The Balaban J connectivity index is 2.23. The van der Waals surface area contributed by atoms with Gasteiger partial charge in [-0.05, 0) is 37.6 Å². The summed E-state index contributed by atoms with van der Waals surface area (Å²) in [6.45, 7) is 3.28. The van der Waals surface area contributed by atoms with Gasteiger partial charge in [0, 0.05) is 12.1 Å². The quantitative estimate of drug-likeness (QED) is 0.775. The summed E-state index contributed by atoms with van der Waals surface area (Å²) in [7, 11) is 0. The molecule has 4 N–H and O–H groups in total. The van der Waals surface area contributed by atoms with Crippen molar-refractivity contribution in [2.45, 2.75) is 19.8 Å². The molecule has 6 heteroatoms. The summed E-state index contributed by atoms with van der Waals surface area (Å²) >= 11 is 0. The molecule has 1 aromatic carbocycles. The Labute approximate surface area is 116 Å². The molecule has 1 fully saturated rings. The van der Waals surface area contributed by atoms with E-state index in [-0.39, 0.29) is 17.2 Å². The van der Waals surface area contributed by atoms with E-state index in [2.05, 4.69) is 10.6 Å². The van der Waals surface area contributed by atoms with Crippen molar-refractivity contribution in [2.24, 2.45) is 11.1 Å². The molecule has 20 heavy (non-hydrogen) atoms. The number of nitrogens with two attached hydrogens (primary N) is 1.